The van der Waals surface area contributed by atoms with Crippen LogP contribution in [0.15, 0.2) is 28.0 Å². The van der Waals surface area contributed by atoms with Gasteiger partial charge in [0.05, 0.1) is 27.1 Å². The predicted molar refractivity (Wildman–Crippen MR) is 102 cm³/mol. The van der Waals surface area contributed by atoms with Crippen LogP contribution >= 0.6 is 11.8 Å². The molecule has 8 nitrogen and oxygen atoms in total. The van der Waals surface area contributed by atoms with Crippen LogP contribution in [0.5, 0.6) is 0 Å². The van der Waals surface area contributed by atoms with Crippen molar-refractivity contribution >= 4 is 33.4 Å². The molecule has 1 fully saturated rings. The Hall–Kier alpha value is -1.65. The van der Waals surface area contributed by atoms with Gasteiger partial charge in [-0.15, -0.1) is 11.8 Å². The van der Waals surface area contributed by atoms with Gasteiger partial charge in [0, 0.05) is 12.1 Å². The van der Waals surface area contributed by atoms with Crippen molar-refractivity contribution in [1.29, 1.82) is 0 Å². The quantitative estimate of drug-likeness (QED) is 0.299. The van der Waals surface area contributed by atoms with Gasteiger partial charge in [0.15, 0.2) is 0 Å². The molecule has 0 amide bonds. The first-order valence-electron chi connectivity index (χ1n) is 8.82. The number of esters is 1. The molecule has 0 spiro atoms. The van der Waals surface area contributed by atoms with Crippen molar-refractivity contribution < 1.29 is 22.9 Å². The smallest absolute Gasteiger partial charge is 0.316 e. The zero-order valence-corrected chi connectivity index (χ0v) is 17.0. The summed E-state index contributed by atoms with van der Waals surface area (Å²) >= 11 is 0.947. The monoisotopic (exact) mass is 416 g/mol. The van der Waals surface area contributed by atoms with Crippen molar-refractivity contribution in [3.63, 3.8) is 0 Å². The number of hydrogen-bond acceptors (Lipinski definition) is 7. The van der Waals surface area contributed by atoms with Gasteiger partial charge in [-0.2, -0.15) is 0 Å². The maximum atomic E-state index is 12.6. The minimum absolute atomic E-state index is 0.0840. The number of nitrogens with zero attached hydrogens (tertiary/aromatic N) is 1. The Balaban J connectivity index is 2.16. The van der Waals surface area contributed by atoms with E-state index in [1.165, 1.54) is 12.1 Å². The molecule has 0 unspecified atom stereocenters. The van der Waals surface area contributed by atoms with Gasteiger partial charge in [-0.05, 0) is 50.7 Å². The van der Waals surface area contributed by atoms with Crippen LogP contribution in [0.2, 0.25) is 0 Å². The van der Waals surface area contributed by atoms with Crippen LogP contribution < -0.4 is 4.72 Å². The molecule has 1 aliphatic rings. The first-order chi connectivity index (χ1) is 12.7. The number of nitro benzene ring substituents is 1. The second-order valence-corrected chi connectivity index (χ2v) is 9.29. The molecule has 0 saturated heterocycles. The molecular formula is C17H24N2O6S2. The lowest BCUT2D eigenvalue weighted by Crippen LogP contribution is -2.37. The standard InChI is InChI=1S/C17H24N2O6S2/c1-3-25-17(20)11-26-16-9-8-14(10-15(16)19(21)22)27(23,24)18-13-6-4-12(2)5-7-13/h8-10,12-13,18H,3-7,11H2,1-2H3. The van der Waals surface area contributed by atoms with E-state index in [9.17, 15) is 23.3 Å². The van der Waals surface area contributed by atoms with E-state index in [0.29, 0.717) is 5.92 Å². The molecule has 0 atom stereocenters. The van der Waals surface area contributed by atoms with Crippen molar-refractivity contribution in [3.05, 3.63) is 28.3 Å². The van der Waals surface area contributed by atoms with E-state index in [4.69, 9.17) is 4.74 Å². The maximum absolute atomic E-state index is 12.6. The van der Waals surface area contributed by atoms with E-state index in [1.54, 1.807) is 6.92 Å². The third kappa shape index (κ3) is 6.18. The number of benzene rings is 1. The second-order valence-electron chi connectivity index (χ2n) is 6.56. The molecule has 1 aromatic rings. The van der Waals surface area contributed by atoms with E-state index in [0.717, 1.165) is 43.5 Å². The number of carbonyl (C=O) groups is 1. The minimum atomic E-state index is -3.85. The van der Waals surface area contributed by atoms with Crippen molar-refractivity contribution in [1.82, 2.24) is 4.72 Å². The van der Waals surface area contributed by atoms with E-state index < -0.39 is 20.9 Å². The summed E-state index contributed by atoms with van der Waals surface area (Å²) < 4.78 is 32.7. The van der Waals surface area contributed by atoms with Crippen molar-refractivity contribution in [2.45, 2.75) is 55.4 Å². The number of ether oxygens (including phenoxy) is 1. The molecular weight excluding hydrogens is 392 g/mol. The molecule has 1 saturated carbocycles. The number of nitro groups is 1. The van der Waals surface area contributed by atoms with Gasteiger partial charge >= 0.3 is 5.97 Å². The highest BCUT2D eigenvalue weighted by Crippen LogP contribution is 2.32. The number of nitrogens with one attached hydrogen (secondary N) is 1. The Kier molecular flexibility index (Phi) is 7.63. The van der Waals surface area contributed by atoms with Crippen LogP contribution in [0.3, 0.4) is 0 Å². The number of sulfonamides is 1. The second kappa shape index (κ2) is 9.52. The van der Waals surface area contributed by atoms with Gasteiger partial charge in [-0.1, -0.05) is 6.92 Å². The van der Waals surface area contributed by atoms with Crippen molar-refractivity contribution in [2.24, 2.45) is 5.92 Å². The average molecular weight is 417 g/mol. The van der Waals surface area contributed by atoms with Gasteiger partial charge < -0.3 is 4.74 Å². The lowest BCUT2D eigenvalue weighted by molar-refractivity contribution is -0.388. The molecule has 1 aromatic carbocycles. The fraction of sp³-hybridized carbons (Fsp3) is 0.588. The van der Waals surface area contributed by atoms with Crippen LogP contribution in [0.1, 0.15) is 39.5 Å². The number of thioether (sulfide) groups is 1. The highest BCUT2D eigenvalue weighted by molar-refractivity contribution is 8.00. The maximum Gasteiger partial charge on any atom is 0.316 e. The molecule has 0 aliphatic heterocycles. The summed E-state index contributed by atoms with van der Waals surface area (Å²) in [7, 11) is -3.85. The highest BCUT2D eigenvalue weighted by Gasteiger charge is 2.26. The third-order valence-electron chi connectivity index (χ3n) is 4.43. The van der Waals surface area contributed by atoms with E-state index in [2.05, 4.69) is 11.6 Å². The molecule has 0 heterocycles. The fourth-order valence-electron chi connectivity index (χ4n) is 2.93. The Bertz CT molecular complexity index is 789. The molecule has 0 radical (unpaired) electrons. The van der Waals surface area contributed by atoms with Crippen LogP contribution in [0.25, 0.3) is 0 Å². The zero-order valence-electron chi connectivity index (χ0n) is 15.3. The highest BCUT2D eigenvalue weighted by atomic mass is 32.2. The molecule has 1 aliphatic carbocycles. The Labute approximate surface area is 163 Å². The Morgan fingerprint density at radius 3 is 2.59 bits per heavy atom. The fourth-order valence-corrected chi connectivity index (χ4v) is 5.06. The summed E-state index contributed by atoms with van der Waals surface area (Å²) in [6.07, 6.45) is 3.43. The number of rotatable bonds is 8. The van der Waals surface area contributed by atoms with Crippen LogP contribution in [0.4, 0.5) is 5.69 Å². The van der Waals surface area contributed by atoms with E-state index >= 15 is 0 Å². The topological polar surface area (TPSA) is 116 Å². The summed E-state index contributed by atoms with van der Waals surface area (Å²) in [6.45, 7) is 4.04. The van der Waals surface area contributed by atoms with Crippen molar-refractivity contribution in [3.8, 4) is 0 Å². The molecule has 0 aromatic heterocycles. The zero-order chi connectivity index (χ0) is 20.0. The normalized spacial score (nSPS) is 20.2. The largest absolute Gasteiger partial charge is 0.465 e. The summed E-state index contributed by atoms with van der Waals surface area (Å²) in [5.41, 5.74) is -0.343. The van der Waals surface area contributed by atoms with Gasteiger partial charge in [-0.3, -0.25) is 14.9 Å². The Morgan fingerprint density at radius 1 is 1.33 bits per heavy atom. The summed E-state index contributed by atoms with van der Waals surface area (Å²) in [5, 5.41) is 11.4. The predicted octanol–water partition coefficient (Wildman–Crippen LogP) is 3.11. The summed E-state index contributed by atoms with van der Waals surface area (Å²) in [4.78, 5) is 22.2. The van der Waals surface area contributed by atoms with Gasteiger partial charge in [0.2, 0.25) is 10.0 Å². The molecule has 10 heteroatoms. The first kappa shape index (κ1) is 21.6. The van der Waals surface area contributed by atoms with Crippen molar-refractivity contribution in [2.75, 3.05) is 12.4 Å². The number of hydrogen-bond donors (Lipinski definition) is 1. The van der Waals surface area contributed by atoms with Gasteiger partial charge in [0.1, 0.15) is 0 Å². The molecule has 27 heavy (non-hydrogen) atoms. The lowest BCUT2D eigenvalue weighted by Gasteiger charge is -2.26. The van der Waals surface area contributed by atoms with E-state index in [1.807, 2.05) is 0 Å². The van der Waals surface area contributed by atoms with Gasteiger partial charge in [0.25, 0.3) is 5.69 Å². The summed E-state index contributed by atoms with van der Waals surface area (Å²) in [6, 6.07) is 3.58. The molecule has 150 valence electrons. The van der Waals surface area contributed by atoms with Crippen LogP contribution in [-0.2, 0) is 19.6 Å². The number of carbonyl (C=O) groups excluding carboxylic acids is 1. The average Bonchev–Trinajstić information content (AvgIpc) is 2.61. The SMILES string of the molecule is CCOC(=O)CSc1ccc(S(=O)(=O)NC2CCC(C)CC2)cc1[N+](=O)[O-]. The van der Waals surface area contributed by atoms with Crippen LogP contribution in [-0.4, -0.2) is 37.7 Å². The first-order valence-corrected chi connectivity index (χ1v) is 11.3. The Morgan fingerprint density at radius 2 is 2.00 bits per heavy atom. The third-order valence-corrected chi connectivity index (χ3v) is 6.98. The summed E-state index contributed by atoms with van der Waals surface area (Å²) in [5.74, 6) is 0.0171. The molecule has 2 rings (SSSR count). The molecule has 1 N–H and O–H groups in total. The lowest BCUT2D eigenvalue weighted by atomic mass is 9.88. The minimum Gasteiger partial charge on any atom is -0.465 e. The molecule has 0 bridgehead atoms. The van der Waals surface area contributed by atoms with E-state index in [-0.39, 0.29) is 33.9 Å². The van der Waals surface area contributed by atoms with Crippen LogP contribution in [0, 0.1) is 16.0 Å². The van der Waals surface area contributed by atoms with Gasteiger partial charge in [-0.25, -0.2) is 13.1 Å².